The Kier molecular flexibility index (Phi) is 8.79. The fourth-order valence-corrected chi connectivity index (χ4v) is 4.18. The molecule has 1 unspecified atom stereocenters. The van der Waals surface area contributed by atoms with Gasteiger partial charge < -0.3 is 24.4 Å². The van der Waals surface area contributed by atoms with Crippen molar-refractivity contribution in [3.8, 4) is 11.5 Å². The molecule has 200 valence electrons. The fourth-order valence-electron chi connectivity index (χ4n) is 4.05. The number of ether oxygens (including phenoxy) is 3. The van der Waals surface area contributed by atoms with Crippen LogP contribution in [0.4, 0.5) is 10.5 Å². The molecule has 0 saturated carbocycles. The van der Waals surface area contributed by atoms with E-state index in [-0.39, 0.29) is 5.91 Å². The summed E-state index contributed by atoms with van der Waals surface area (Å²) >= 11 is 6.02. The van der Waals surface area contributed by atoms with Crippen molar-refractivity contribution in [2.45, 2.75) is 51.9 Å². The number of nitrogens with one attached hydrogen (secondary N) is 1. The van der Waals surface area contributed by atoms with Crippen LogP contribution in [-0.4, -0.2) is 36.9 Å². The molecule has 0 saturated heterocycles. The van der Waals surface area contributed by atoms with Gasteiger partial charge in [0, 0.05) is 18.0 Å². The van der Waals surface area contributed by atoms with Crippen LogP contribution in [-0.2, 0) is 22.5 Å². The molecule has 0 spiro atoms. The van der Waals surface area contributed by atoms with E-state index < -0.39 is 17.8 Å². The predicted molar refractivity (Wildman–Crippen MR) is 148 cm³/mol. The highest BCUT2D eigenvalue weighted by molar-refractivity contribution is 6.30. The average Bonchev–Trinajstić information content (AvgIpc) is 2.87. The van der Waals surface area contributed by atoms with Crippen molar-refractivity contribution in [1.82, 2.24) is 5.32 Å². The topological polar surface area (TPSA) is 77.1 Å². The van der Waals surface area contributed by atoms with E-state index in [9.17, 15) is 9.59 Å². The zero-order valence-corrected chi connectivity index (χ0v) is 22.7. The molecule has 0 aromatic heterocycles. The second kappa shape index (κ2) is 12.2. The van der Waals surface area contributed by atoms with Crippen LogP contribution in [0.5, 0.6) is 11.5 Å². The summed E-state index contributed by atoms with van der Waals surface area (Å²) in [5.74, 6) is 1.28. The number of amides is 2. The third kappa shape index (κ3) is 7.65. The molecule has 7 nitrogen and oxygen atoms in total. The number of rotatable bonds is 9. The van der Waals surface area contributed by atoms with Crippen LogP contribution in [0, 0.1) is 0 Å². The van der Waals surface area contributed by atoms with Gasteiger partial charge in [0.2, 0.25) is 0 Å². The highest BCUT2D eigenvalue weighted by Crippen LogP contribution is 2.35. The molecule has 38 heavy (non-hydrogen) atoms. The normalized spacial score (nSPS) is 14.9. The Morgan fingerprint density at radius 2 is 1.68 bits per heavy atom. The maximum absolute atomic E-state index is 13.4. The standard InChI is InChI=1S/C30H33ClN2O5/c1-30(2,3)38-29(35)32-18-16-21-10-14-24(15-11-21)36-19-17-27-28(34)33(20-22-8-12-23(31)13-9-22)25-6-4-5-7-26(25)37-27/h4-15,27H,16-20H2,1-3H3,(H,32,35). The largest absolute Gasteiger partial charge is 0.493 e. The summed E-state index contributed by atoms with van der Waals surface area (Å²) in [5.41, 5.74) is 2.28. The molecule has 0 aliphatic carbocycles. The molecule has 1 atom stereocenters. The quantitative estimate of drug-likeness (QED) is 0.354. The lowest BCUT2D eigenvalue weighted by atomic mass is 10.1. The van der Waals surface area contributed by atoms with Gasteiger partial charge in [-0.15, -0.1) is 0 Å². The lowest BCUT2D eigenvalue weighted by Gasteiger charge is -2.34. The Hall–Kier alpha value is -3.71. The minimum absolute atomic E-state index is 0.102. The lowest BCUT2D eigenvalue weighted by molar-refractivity contribution is -0.127. The van der Waals surface area contributed by atoms with Crippen LogP contribution in [0.1, 0.15) is 38.3 Å². The number of alkyl carbamates (subject to hydrolysis) is 1. The first-order valence-corrected chi connectivity index (χ1v) is 13.1. The van der Waals surface area contributed by atoms with Crippen molar-refractivity contribution in [2.75, 3.05) is 18.1 Å². The molecule has 0 radical (unpaired) electrons. The monoisotopic (exact) mass is 536 g/mol. The van der Waals surface area contributed by atoms with Gasteiger partial charge in [0.25, 0.3) is 5.91 Å². The molecule has 3 aromatic carbocycles. The van der Waals surface area contributed by atoms with Gasteiger partial charge in [-0.25, -0.2) is 4.79 Å². The maximum Gasteiger partial charge on any atom is 0.407 e. The van der Waals surface area contributed by atoms with E-state index in [0.717, 1.165) is 16.8 Å². The number of carbonyl (C=O) groups excluding carboxylic acids is 2. The molecule has 1 aliphatic heterocycles. The Labute approximate surface area is 228 Å². The molecule has 1 N–H and O–H groups in total. The van der Waals surface area contributed by atoms with Gasteiger partial charge in [0.05, 0.1) is 18.8 Å². The third-order valence-corrected chi connectivity index (χ3v) is 6.13. The number of hydrogen-bond donors (Lipinski definition) is 1. The predicted octanol–water partition coefficient (Wildman–Crippen LogP) is 6.17. The number of anilines is 1. The molecule has 2 amide bonds. The number of benzene rings is 3. The second-order valence-electron chi connectivity index (χ2n) is 10.1. The molecular formula is C30H33ClN2O5. The minimum atomic E-state index is -0.643. The van der Waals surface area contributed by atoms with Crippen molar-refractivity contribution in [3.05, 3.63) is 88.9 Å². The average molecular weight is 537 g/mol. The van der Waals surface area contributed by atoms with E-state index in [1.165, 1.54) is 0 Å². The number of fused-ring (bicyclic) bond motifs is 1. The summed E-state index contributed by atoms with van der Waals surface area (Å²) in [5, 5.41) is 3.41. The van der Waals surface area contributed by atoms with E-state index in [2.05, 4.69) is 5.32 Å². The van der Waals surface area contributed by atoms with Gasteiger partial charge in [-0.1, -0.05) is 48.0 Å². The van der Waals surface area contributed by atoms with Crippen LogP contribution < -0.4 is 19.7 Å². The SMILES string of the molecule is CC(C)(C)OC(=O)NCCc1ccc(OCCC2Oc3ccccc3N(Cc3ccc(Cl)cc3)C2=O)cc1. The molecule has 3 aromatic rings. The van der Waals surface area contributed by atoms with Crippen molar-refractivity contribution in [1.29, 1.82) is 0 Å². The van der Waals surface area contributed by atoms with E-state index in [0.29, 0.717) is 49.1 Å². The smallest absolute Gasteiger partial charge is 0.407 e. The molecule has 1 heterocycles. The molecule has 4 rings (SSSR count). The molecular weight excluding hydrogens is 504 g/mol. The fraction of sp³-hybridized carbons (Fsp3) is 0.333. The number of nitrogens with zero attached hydrogens (tertiary/aromatic N) is 1. The summed E-state index contributed by atoms with van der Waals surface area (Å²) in [6.07, 6.45) is 0.0141. The number of para-hydroxylation sites is 2. The van der Waals surface area contributed by atoms with Crippen molar-refractivity contribution in [3.63, 3.8) is 0 Å². The zero-order chi connectivity index (χ0) is 27.1. The van der Waals surface area contributed by atoms with Gasteiger partial charge >= 0.3 is 6.09 Å². The molecule has 8 heteroatoms. The number of carbonyl (C=O) groups is 2. The first-order chi connectivity index (χ1) is 18.2. The van der Waals surface area contributed by atoms with Crippen LogP contribution in [0.2, 0.25) is 5.02 Å². The van der Waals surface area contributed by atoms with E-state index in [4.69, 9.17) is 25.8 Å². The summed E-state index contributed by atoms with van der Waals surface area (Å²) in [6, 6.07) is 22.7. The van der Waals surface area contributed by atoms with Crippen molar-refractivity contribution < 1.29 is 23.8 Å². The van der Waals surface area contributed by atoms with E-state index in [1.807, 2.05) is 93.6 Å². The van der Waals surface area contributed by atoms with Gasteiger partial charge in [0.15, 0.2) is 6.10 Å². The van der Waals surface area contributed by atoms with Gasteiger partial charge in [-0.05, 0) is 74.7 Å². The zero-order valence-electron chi connectivity index (χ0n) is 21.9. The van der Waals surface area contributed by atoms with Gasteiger partial charge in [0.1, 0.15) is 17.1 Å². The summed E-state index contributed by atoms with van der Waals surface area (Å²) in [7, 11) is 0. The molecule has 0 fully saturated rings. The minimum Gasteiger partial charge on any atom is -0.493 e. The van der Waals surface area contributed by atoms with E-state index in [1.54, 1.807) is 4.90 Å². The third-order valence-electron chi connectivity index (χ3n) is 5.87. The highest BCUT2D eigenvalue weighted by atomic mass is 35.5. The Morgan fingerprint density at radius 3 is 2.39 bits per heavy atom. The summed E-state index contributed by atoms with van der Waals surface area (Å²) in [4.78, 5) is 26.9. The Balaban J connectivity index is 1.29. The Morgan fingerprint density at radius 1 is 1.00 bits per heavy atom. The highest BCUT2D eigenvalue weighted by Gasteiger charge is 2.34. The first kappa shape index (κ1) is 27.3. The number of halogens is 1. The lowest BCUT2D eigenvalue weighted by Crippen LogP contribution is -2.46. The molecule has 1 aliphatic rings. The molecule has 0 bridgehead atoms. The number of hydrogen-bond acceptors (Lipinski definition) is 5. The van der Waals surface area contributed by atoms with Crippen LogP contribution >= 0.6 is 11.6 Å². The van der Waals surface area contributed by atoms with Gasteiger partial charge in [-0.3, -0.25) is 4.79 Å². The Bertz CT molecular complexity index is 1240. The van der Waals surface area contributed by atoms with Crippen LogP contribution in [0.3, 0.4) is 0 Å². The van der Waals surface area contributed by atoms with E-state index >= 15 is 0 Å². The summed E-state index contributed by atoms with van der Waals surface area (Å²) in [6.45, 7) is 6.73. The first-order valence-electron chi connectivity index (χ1n) is 12.7. The van der Waals surface area contributed by atoms with Crippen LogP contribution in [0.25, 0.3) is 0 Å². The second-order valence-corrected chi connectivity index (χ2v) is 10.5. The van der Waals surface area contributed by atoms with Crippen molar-refractivity contribution >= 4 is 29.3 Å². The van der Waals surface area contributed by atoms with Crippen molar-refractivity contribution in [2.24, 2.45) is 0 Å². The van der Waals surface area contributed by atoms with Crippen LogP contribution in [0.15, 0.2) is 72.8 Å². The summed E-state index contributed by atoms with van der Waals surface area (Å²) < 4.78 is 17.2. The van der Waals surface area contributed by atoms with Gasteiger partial charge in [-0.2, -0.15) is 0 Å². The maximum atomic E-state index is 13.4.